The van der Waals surface area contributed by atoms with Crippen molar-refractivity contribution in [3.63, 3.8) is 0 Å². The van der Waals surface area contributed by atoms with Gasteiger partial charge in [-0.15, -0.1) is 0 Å². The lowest BCUT2D eigenvalue weighted by molar-refractivity contribution is 0.155. The molecule has 2 heterocycles. The molecule has 5 heteroatoms. The van der Waals surface area contributed by atoms with E-state index in [2.05, 4.69) is 15.5 Å². The molecule has 0 aromatic carbocycles. The topological polar surface area (TPSA) is 63.1 Å². The van der Waals surface area contributed by atoms with E-state index in [0.29, 0.717) is 13.2 Å². The number of methoxy groups -OCH3 is 1. The van der Waals surface area contributed by atoms with Crippen LogP contribution in [0, 0.1) is 6.92 Å². The van der Waals surface area contributed by atoms with Crippen LogP contribution in [-0.2, 0) is 11.3 Å². The Balaban J connectivity index is 1.97. The van der Waals surface area contributed by atoms with Crippen molar-refractivity contribution in [2.75, 3.05) is 13.7 Å². The highest BCUT2D eigenvalue weighted by atomic mass is 16.5. The van der Waals surface area contributed by atoms with Gasteiger partial charge in [-0.2, -0.15) is 5.10 Å². The third kappa shape index (κ3) is 3.18. The Hall–Kier alpha value is -1.59. The highest BCUT2D eigenvalue weighted by Gasteiger charge is 2.14. The van der Waals surface area contributed by atoms with Crippen LogP contribution >= 0.6 is 0 Å². The SMILES string of the molecule is COCC(NCc1ccn[nH]1)c1ccc(C)o1. The quantitative estimate of drug-likeness (QED) is 0.801. The first kappa shape index (κ1) is 11.9. The van der Waals surface area contributed by atoms with Crippen molar-refractivity contribution in [1.82, 2.24) is 15.5 Å². The smallest absolute Gasteiger partial charge is 0.123 e. The normalized spacial score (nSPS) is 12.8. The van der Waals surface area contributed by atoms with E-state index in [1.54, 1.807) is 13.3 Å². The molecule has 2 aromatic rings. The molecule has 0 radical (unpaired) electrons. The Labute approximate surface area is 100 Å². The summed E-state index contributed by atoms with van der Waals surface area (Å²) < 4.78 is 10.8. The van der Waals surface area contributed by atoms with Crippen molar-refractivity contribution in [2.24, 2.45) is 0 Å². The lowest BCUT2D eigenvalue weighted by Crippen LogP contribution is -2.24. The number of aromatic nitrogens is 2. The molecular weight excluding hydrogens is 218 g/mol. The van der Waals surface area contributed by atoms with Crippen LogP contribution in [0.5, 0.6) is 0 Å². The lowest BCUT2D eigenvalue weighted by Gasteiger charge is -2.15. The number of ether oxygens (including phenoxy) is 1. The van der Waals surface area contributed by atoms with Gasteiger partial charge in [0.15, 0.2) is 0 Å². The first-order valence-electron chi connectivity index (χ1n) is 5.56. The highest BCUT2D eigenvalue weighted by Crippen LogP contribution is 2.17. The molecule has 0 spiro atoms. The molecule has 0 aliphatic heterocycles. The zero-order chi connectivity index (χ0) is 12.1. The molecule has 0 saturated heterocycles. The number of hydrogen-bond donors (Lipinski definition) is 2. The summed E-state index contributed by atoms with van der Waals surface area (Å²) >= 11 is 0. The number of nitrogens with one attached hydrogen (secondary N) is 2. The molecule has 0 aliphatic rings. The van der Waals surface area contributed by atoms with E-state index in [1.165, 1.54) is 0 Å². The van der Waals surface area contributed by atoms with Gasteiger partial charge in [0.1, 0.15) is 11.5 Å². The Morgan fingerprint density at radius 3 is 2.94 bits per heavy atom. The van der Waals surface area contributed by atoms with Crippen molar-refractivity contribution >= 4 is 0 Å². The van der Waals surface area contributed by atoms with Crippen LogP contribution in [0.4, 0.5) is 0 Å². The second-order valence-electron chi connectivity index (χ2n) is 3.92. The summed E-state index contributed by atoms with van der Waals surface area (Å²) in [6.07, 6.45) is 1.74. The van der Waals surface area contributed by atoms with Crippen molar-refractivity contribution < 1.29 is 9.15 Å². The Morgan fingerprint density at radius 1 is 1.47 bits per heavy atom. The van der Waals surface area contributed by atoms with E-state index in [1.807, 2.05) is 25.1 Å². The van der Waals surface area contributed by atoms with Gasteiger partial charge in [0.2, 0.25) is 0 Å². The summed E-state index contributed by atoms with van der Waals surface area (Å²) in [6, 6.07) is 5.91. The third-order valence-electron chi connectivity index (χ3n) is 2.54. The fourth-order valence-electron chi connectivity index (χ4n) is 1.67. The molecule has 0 saturated carbocycles. The van der Waals surface area contributed by atoms with Gasteiger partial charge in [0, 0.05) is 25.5 Å². The van der Waals surface area contributed by atoms with Crippen molar-refractivity contribution in [2.45, 2.75) is 19.5 Å². The molecule has 1 unspecified atom stereocenters. The average Bonchev–Trinajstić information content (AvgIpc) is 2.95. The molecule has 2 rings (SSSR count). The first-order valence-corrected chi connectivity index (χ1v) is 5.56. The fraction of sp³-hybridized carbons (Fsp3) is 0.417. The molecule has 2 N–H and O–H groups in total. The van der Waals surface area contributed by atoms with Crippen LogP contribution in [0.3, 0.4) is 0 Å². The zero-order valence-corrected chi connectivity index (χ0v) is 10.1. The summed E-state index contributed by atoms with van der Waals surface area (Å²) in [6.45, 7) is 3.21. The molecular formula is C12H17N3O2. The second kappa shape index (κ2) is 5.65. The first-order chi connectivity index (χ1) is 8.29. The van der Waals surface area contributed by atoms with Gasteiger partial charge < -0.3 is 9.15 Å². The molecule has 92 valence electrons. The summed E-state index contributed by atoms with van der Waals surface area (Å²) in [5.74, 6) is 1.80. The number of nitrogens with zero attached hydrogens (tertiary/aromatic N) is 1. The van der Waals surface area contributed by atoms with E-state index < -0.39 is 0 Å². The molecule has 0 aliphatic carbocycles. The predicted octanol–water partition coefficient (Wildman–Crippen LogP) is 1.79. The number of aryl methyl sites for hydroxylation is 1. The van der Waals surface area contributed by atoms with Crippen molar-refractivity contribution in [1.29, 1.82) is 0 Å². The minimum atomic E-state index is 0.0528. The maximum Gasteiger partial charge on any atom is 0.123 e. The van der Waals surface area contributed by atoms with Gasteiger partial charge in [-0.05, 0) is 25.1 Å². The lowest BCUT2D eigenvalue weighted by atomic mass is 10.2. The number of H-pyrrole nitrogens is 1. The fourth-order valence-corrected chi connectivity index (χ4v) is 1.67. The maximum absolute atomic E-state index is 5.60. The van der Waals surface area contributed by atoms with Crippen LogP contribution in [0.15, 0.2) is 28.8 Å². The highest BCUT2D eigenvalue weighted by molar-refractivity contribution is 5.10. The standard InChI is InChI=1S/C12H17N3O2/c1-9-3-4-12(17-9)11(8-16-2)13-7-10-5-6-14-15-10/h3-6,11,13H,7-8H2,1-2H3,(H,14,15). The summed E-state index contributed by atoms with van der Waals surface area (Å²) in [5.41, 5.74) is 1.04. The molecule has 0 fully saturated rings. The number of rotatable bonds is 6. The van der Waals surface area contributed by atoms with Crippen LogP contribution in [0.1, 0.15) is 23.3 Å². The Bertz CT molecular complexity index is 436. The van der Waals surface area contributed by atoms with Gasteiger partial charge in [0.05, 0.1) is 12.6 Å². The summed E-state index contributed by atoms with van der Waals surface area (Å²) in [4.78, 5) is 0. The second-order valence-corrected chi connectivity index (χ2v) is 3.92. The largest absolute Gasteiger partial charge is 0.465 e. The minimum absolute atomic E-state index is 0.0528. The monoisotopic (exact) mass is 235 g/mol. The third-order valence-corrected chi connectivity index (χ3v) is 2.54. The van der Waals surface area contributed by atoms with Gasteiger partial charge in [-0.25, -0.2) is 0 Å². The van der Waals surface area contributed by atoms with Gasteiger partial charge in [-0.3, -0.25) is 10.4 Å². The molecule has 17 heavy (non-hydrogen) atoms. The Kier molecular flexibility index (Phi) is 3.95. The van der Waals surface area contributed by atoms with Gasteiger partial charge in [-0.1, -0.05) is 0 Å². The van der Waals surface area contributed by atoms with Crippen LogP contribution in [0.25, 0.3) is 0 Å². The van der Waals surface area contributed by atoms with Crippen molar-refractivity contribution in [3.05, 3.63) is 41.6 Å². The van der Waals surface area contributed by atoms with E-state index in [9.17, 15) is 0 Å². The maximum atomic E-state index is 5.60. The summed E-state index contributed by atoms with van der Waals surface area (Å²) in [5, 5.41) is 10.2. The van der Waals surface area contributed by atoms with Crippen LogP contribution in [0.2, 0.25) is 0 Å². The van der Waals surface area contributed by atoms with E-state index >= 15 is 0 Å². The number of hydrogen-bond acceptors (Lipinski definition) is 4. The number of aromatic amines is 1. The van der Waals surface area contributed by atoms with E-state index in [0.717, 1.165) is 17.2 Å². The van der Waals surface area contributed by atoms with Gasteiger partial charge in [0.25, 0.3) is 0 Å². The molecule has 5 nitrogen and oxygen atoms in total. The molecule has 2 aromatic heterocycles. The summed E-state index contributed by atoms with van der Waals surface area (Å²) in [7, 11) is 1.68. The molecule has 0 amide bonds. The zero-order valence-electron chi connectivity index (χ0n) is 10.1. The van der Waals surface area contributed by atoms with Gasteiger partial charge >= 0.3 is 0 Å². The molecule has 1 atom stereocenters. The van der Waals surface area contributed by atoms with Crippen molar-refractivity contribution in [3.8, 4) is 0 Å². The van der Waals surface area contributed by atoms with E-state index in [-0.39, 0.29) is 6.04 Å². The van der Waals surface area contributed by atoms with Crippen LogP contribution < -0.4 is 5.32 Å². The van der Waals surface area contributed by atoms with Crippen LogP contribution in [-0.4, -0.2) is 23.9 Å². The molecule has 0 bridgehead atoms. The predicted molar refractivity (Wildman–Crippen MR) is 63.5 cm³/mol. The minimum Gasteiger partial charge on any atom is -0.465 e. The number of furan rings is 1. The average molecular weight is 235 g/mol. The van der Waals surface area contributed by atoms with E-state index in [4.69, 9.17) is 9.15 Å². The Morgan fingerprint density at radius 2 is 2.35 bits per heavy atom.